The molecule has 0 aromatic heterocycles. The van der Waals surface area contributed by atoms with Crippen molar-refractivity contribution in [2.24, 2.45) is 11.7 Å². The largest absolute Gasteiger partial charge is 0.451 e. The molecule has 2 aliphatic rings. The molecule has 2 atom stereocenters. The topological polar surface area (TPSA) is 86.8 Å². The zero-order chi connectivity index (χ0) is 22.8. The number of hydrogen-bond donors (Lipinski definition) is 3. The van der Waals surface area contributed by atoms with Gasteiger partial charge in [0, 0.05) is 6.04 Å². The molecule has 1 fully saturated rings. The van der Waals surface area contributed by atoms with E-state index in [0.29, 0.717) is 32.4 Å². The molecule has 4 N–H and O–H groups in total. The van der Waals surface area contributed by atoms with Crippen molar-refractivity contribution in [2.45, 2.75) is 75.9 Å². The summed E-state index contributed by atoms with van der Waals surface area (Å²) < 4.78 is 39.5. The van der Waals surface area contributed by atoms with Crippen molar-refractivity contribution in [1.82, 2.24) is 4.90 Å². The summed E-state index contributed by atoms with van der Waals surface area (Å²) in [5.74, 6) is -0.0424. The lowest BCUT2D eigenvalue weighted by atomic mass is 9.72. The minimum absolute atomic E-state index is 0.0164. The van der Waals surface area contributed by atoms with Crippen molar-refractivity contribution >= 4 is 12.9 Å². The number of carbonyl (C=O) groups excluding carboxylic acids is 1. The maximum atomic E-state index is 13.2. The van der Waals surface area contributed by atoms with Gasteiger partial charge in [-0.2, -0.15) is 13.2 Å². The van der Waals surface area contributed by atoms with Crippen LogP contribution in [0, 0.1) is 5.92 Å². The molecule has 1 aromatic carbocycles. The molecule has 0 saturated carbocycles. The van der Waals surface area contributed by atoms with E-state index in [1.165, 1.54) is 19.1 Å². The first-order valence-electron chi connectivity index (χ1n) is 11.1. The summed E-state index contributed by atoms with van der Waals surface area (Å²) >= 11 is 0. The first-order valence-corrected chi connectivity index (χ1v) is 11.1. The summed E-state index contributed by atoms with van der Waals surface area (Å²) in [5, 5.41) is 18.0. The lowest BCUT2D eigenvalue weighted by Crippen LogP contribution is -2.56. The van der Waals surface area contributed by atoms with Gasteiger partial charge in [-0.25, -0.2) is 0 Å². The number of hydrogen-bond acceptors (Lipinski definition) is 5. The highest BCUT2D eigenvalue weighted by Gasteiger charge is 2.42. The van der Waals surface area contributed by atoms with Crippen LogP contribution in [-0.2, 0) is 17.4 Å². The standard InChI is InChI=1S/C22H32BF3N2O3/c1-15(29)21(27,10-2-3-11-23(30)31)17-8-12-28(13-9-17)20-7-5-16-4-6-18(14-19(16)20)22(24,25)26/h4,6,14,17,20,30-31H,2-3,5,7-13,27H2,1H3/t20?,21-/m0/s1. The smallest absolute Gasteiger partial charge is 0.427 e. The molecule has 1 aliphatic heterocycles. The summed E-state index contributed by atoms with van der Waals surface area (Å²) in [6.45, 7) is 2.92. The molecule has 31 heavy (non-hydrogen) atoms. The molecular weight excluding hydrogens is 408 g/mol. The van der Waals surface area contributed by atoms with Gasteiger partial charge in [0.2, 0.25) is 0 Å². The number of likely N-dealkylation sites (tertiary alicyclic amines) is 1. The fraction of sp³-hybridized carbons (Fsp3) is 0.682. The van der Waals surface area contributed by atoms with Gasteiger partial charge in [-0.15, -0.1) is 0 Å². The van der Waals surface area contributed by atoms with Crippen molar-refractivity contribution in [1.29, 1.82) is 0 Å². The Morgan fingerprint density at radius 1 is 1.19 bits per heavy atom. The van der Waals surface area contributed by atoms with Crippen LogP contribution in [0.3, 0.4) is 0 Å². The minimum Gasteiger partial charge on any atom is -0.427 e. The molecular formula is C22H32BF3N2O3. The maximum absolute atomic E-state index is 13.2. The number of aryl methyl sites for hydroxylation is 1. The Bertz CT molecular complexity index is 782. The van der Waals surface area contributed by atoms with E-state index in [1.54, 1.807) is 6.07 Å². The maximum Gasteiger partial charge on any atom is 0.451 e. The Balaban J connectivity index is 1.64. The van der Waals surface area contributed by atoms with Crippen LogP contribution in [0.4, 0.5) is 13.2 Å². The third-order valence-electron chi connectivity index (χ3n) is 7.18. The van der Waals surface area contributed by atoms with E-state index >= 15 is 0 Å². The molecule has 172 valence electrons. The monoisotopic (exact) mass is 440 g/mol. The minimum atomic E-state index is -4.35. The molecule has 0 bridgehead atoms. The van der Waals surface area contributed by atoms with Crippen LogP contribution < -0.4 is 5.73 Å². The number of halogens is 3. The van der Waals surface area contributed by atoms with E-state index in [1.807, 2.05) is 0 Å². The Morgan fingerprint density at radius 2 is 1.87 bits per heavy atom. The second-order valence-electron chi connectivity index (χ2n) is 9.10. The van der Waals surface area contributed by atoms with E-state index in [-0.39, 0.29) is 24.1 Å². The van der Waals surface area contributed by atoms with Crippen LogP contribution in [0.25, 0.3) is 0 Å². The van der Waals surface area contributed by atoms with Gasteiger partial charge in [0.15, 0.2) is 0 Å². The van der Waals surface area contributed by atoms with Gasteiger partial charge in [-0.05, 0) is 87.6 Å². The first-order chi connectivity index (χ1) is 14.5. The average Bonchev–Trinajstić information content (AvgIpc) is 3.13. The number of nitrogens with two attached hydrogens (primary N) is 1. The highest BCUT2D eigenvalue weighted by atomic mass is 19.4. The van der Waals surface area contributed by atoms with Crippen LogP contribution in [0.2, 0.25) is 6.32 Å². The van der Waals surface area contributed by atoms with Crippen LogP contribution in [0.1, 0.15) is 68.2 Å². The summed E-state index contributed by atoms with van der Waals surface area (Å²) in [6.07, 6.45) is 0.685. The van der Waals surface area contributed by atoms with Crippen LogP contribution >= 0.6 is 0 Å². The number of unbranched alkanes of at least 4 members (excludes halogenated alkanes) is 1. The van der Waals surface area contributed by atoms with E-state index < -0.39 is 24.4 Å². The molecule has 0 amide bonds. The van der Waals surface area contributed by atoms with Crippen molar-refractivity contribution in [3.63, 3.8) is 0 Å². The molecule has 1 heterocycles. The zero-order valence-corrected chi connectivity index (χ0v) is 18.0. The second kappa shape index (κ2) is 9.61. The van der Waals surface area contributed by atoms with Crippen molar-refractivity contribution in [3.05, 3.63) is 34.9 Å². The van der Waals surface area contributed by atoms with Crippen molar-refractivity contribution in [2.75, 3.05) is 13.1 Å². The van der Waals surface area contributed by atoms with Gasteiger partial charge < -0.3 is 15.8 Å². The molecule has 3 rings (SSSR count). The normalized spacial score (nSPS) is 22.2. The lowest BCUT2D eigenvalue weighted by Gasteiger charge is -2.43. The van der Waals surface area contributed by atoms with Gasteiger partial charge in [-0.3, -0.25) is 9.69 Å². The summed E-state index contributed by atoms with van der Waals surface area (Å²) in [4.78, 5) is 14.6. The summed E-state index contributed by atoms with van der Waals surface area (Å²) in [6, 6.07) is 4.05. The third-order valence-corrected chi connectivity index (χ3v) is 7.18. The summed E-state index contributed by atoms with van der Waals surface area (Å²) in [7, 11) is -1.35. The Kier molecular flexibility index (Phi) is 7.51. The molecule has 0 spiro atoms. The van der Waals surface area contributed by atoms with Gasteiger partial charge in [0.25, 0.3) is 0 Å². The Morgan fingerprint density at radius 3 is 2.45 bits per heavy atom. The number of rotatable bonds is 8. The van der Waals surface area contributed by atoms with Crippen LogP contribution in [0.15, 0.2) is 18.2 Å². The van der Waals surface area contributed by atoms with Gasteiger partial charge >= 0.3 is 13.3 Å². The van der Waals surface area contributed by atoms with Gasteiger partial charge in [-0.1, -0.05) is 18.9 Å². The van der Waals surface area contributed by atoms with Crippen LogP contribution in [-0.4, -0.2) is 46.5 Å². The van der Waals surface area contributed by atoms with Crippen molar-refractivity contribution < 1.29 is 28.0 Å². The molecule has 1 aliphatic carbocycles. The molecule has 5 nitrogen and oxygen atoms in total. The fourth-order valence-electron chi connectivity index (χ4n) is 5.27. The SMILES string of the molecule is CC(=O)[C@@](N)(CCCCB(O)O)C1CCN(C2CCc3ccc(C(F)(F)F)cc32)CC1. The van der Waals surface area contributed by atoms with Crippen molar-refractivity contribution in [3.8, 4) is 0 Å². The summed E-state index contributed by atoms with van der Waals surface area (Å²) in [5.41, 5.74) is 6.79. The van der Waals surface area contributed by atoms with E-state index in [2.05, 4.69) is 4.90 Å². The Hall–Kier alpha value is -1.42. The lowest BCUT2D eigenvalue weighted by molar-refractivity contribution is -0.137. The Labute approximate surface area is 181 Å². The van der Waals surface area contributed by atoms with Gasteiger partial charge in [0.05, 0.1) is 11.1 Å². The highest BCUT2D eigenvalue weighted by Crippen LogP contribution is 2.42. The molecule has 9 heteroatoms. The third kappa shape index (κ3) is 5.50. The van der Waals surface area contributed by atoms with E-state index in [4.69, 9.17) is 15.8 Å². The fourth-order valence-corrected chi connectivity index (χ4v) is 5.27. The highest BCUT2D eigenvalue weighted by molar-refractivity contribution is 6.40. The second-order valence-corrected chi connectivity index (χ2v) is 9.10. The molecule has 1 saturated heterocycles. The number of alkyl halides is 3. The number of piperidine rings is 1. The predicted molar refractivity (Wildman–Crippen MR) is 113 cm³/mol. The van der Waals surface area contributed by atoms with Crippen LogP contribution in [0.5, 0.6) is 0 Å². The predicted octanol–water partition coefficient (Wildman–Crippen LogP) is 3.33. The molecule has 1 aromatic rings. The molecule has 1 unspecified atom stereocenters. The number of fused-ring (bicyclic) bond motifs is 1. The number of nitrogens with zero attached hydrogens (tertiary/aromatic N) is 1. The first kappa shape index (κ1) is 24.2. The number of ketones is 1. The van der Waals surface area contributed by atoms with E-state index in [9.17, 15) is 18.0 Å². The van der Waals surface area contributed by atoms with Gasteiger partial charge in [0.1, 0.15) is 5.78 Å². The number of Topliss-reactive ketones (excluding diaryl/α,β-unsaturated/α-hetero) is 1. The van der Waals surface area contributed by atoms with E-state index in [0.717, 1.165) is 36.8 Å². The average molecular weight is 440 g/mol. The quantitative estimate of drug-likeness (QED) is 0.427. The number of benzene rings is 1. The zero-order valence-electron chi connectivity index (χ0n) is 18.0. The molecule has 0 radical (unpaired) electrons. The number of carbonyl (C=O) groups is 1.